The third kappa shape index (κ3) is 2.21. The standard InChI is InChI=1S/C15H15N3O4S/c19-13(9-1-2-11-12(5-9)17-23-16-11)18-6-10-7-22-4-3-15(10,8-18)14(20)21/h1-2,5,10H,3-4,6-8H2,(H,20,21)/t10-,15+/m0/s1. The molecule has 0 spiro atoms. The van der Waals surface area contributed by atoms with E-state index >= 15 is 0 Å². The van der Waals surface area contributed by atoms with Crippen molar-refractivity contribution >= 4 is 34.6 Å². The molecule has 2 saturated heterocycles. The van der Waals surface area contributed by atoms with Gasteiger partial charge in [0.2, 0.25) is 0 Å². The van der Waals surface area contributed by atoms with Gasteiger partial charge in [-0.15, -0.1) is 0 Å². The van der Waals surface area contributed by atoms with Crippen molar-refractivity contribution in [1.29, 1.82) is 0 Å². The Labute approximate surface area is 136 Å². The summed E-state index contributed by atoms with van der Waals surface area (Å²) >= 11 is 1.11. The second-order valence-electron chi connectivity index (χ2n) is 6.14. The van der Waals surface area contributed by atoms with E-state index in [4.69, 9.17) is 4.74 Å². The highest BCUT2D eigenvalue weighted by Gasteiger charge is 2.54. The minimum atomic E-state index is -0.875. The van der Waals surface area contributed by atoms with Crippen LogP contribution >= 0.6 is 0 Å². The van der Waals surface area contributed by atoms with E-state index < -0.39 is 11.4 Å². The summed E-state index contributed by atoms with van der Waals surface area (Å²) in [5, 5.41) is 9.67. The average Bonchev–Trinajstić information content (AvgIpc) is 3.18. The second-order valence-corrected chi connectivity index (χ2v) is 6.66. The van der Waals surface area contributed by atoms with Crippen molar-refractivity contribution in [3.8, 4) is 0 Å². The number of carbonyl (C=O) groups is 2. The first-order chi connectivity index (χ1) is 11.1. The number of carboxylic acid groups (broad SMARTS) is 1. The highest BCUT2D eigenvalue weighted by atomic mass is 32.1. The Bertz CT molecular complexity index is 774. The van der Waals surface area contributed by atoms with Crippen LogP contribution in [0.4, 0.5) is 11.4 Å². The minimum absolute atomic E-state index is 0.151. The van der Waals surface area contributed by atoms with Crippen LogP contribution in [0.2, 0.25) is 0 Å². The molecule has 3 aliphatic heterocycles. The number of benzene rings is 1. The Morgan fingerprint density at radius 1 is 1.35 bits per heavy atom. The lowest BCUT2D eigenvalue weighted by atomic mass is 9.74. The van der Waals surface area contributed by atoms with Crippen LogP contribution in [0.25, 0.3) is 0 Å². The minimum Gasteiger partial charge on any atom is -0.481 e. The number of aliphatic carboxylic acids is 1. The normalized spacial score (nSPS) is 28.2. The predicted molar refractivity (Wildman–Crippen MR) is 82.9 cm³/mol. The Hall–Kier alpha value is -2.06. The van der Waals surface area contributed by atoms with Gasteiger partial charge in [0, 0.05) is 31.2 Å². The monoisotopic (exact) mass is 333 g/mol. The Morgan fingerprint density at radius 3 is 2.96 bits per heavy atom. The molecule has 8 heteroatoms. The lowest BCUT2D eigenvalue weighted by Crippen LogP contribution is -2.45. The summed E-state index contributed by atoms with van der Waals surface area (Å²) in [6.45, 7) is 1.48. The number of hydrogen-bond acceptors (Lipinski definition) is 5. The zero-order chi connectivity index (χ0) is 16.0. The van der Waals surface area contributed by atoms with Crippen molar-refractivity contribution in [3.63, 3.8) is 0 Å². The first-order valence-corrected chi connectivity index (χ1v) is 8.16. The number of rotatable bonds is 2. The molecule has 2 atom stereocenters. The number of likely N-dealkylation sites (tertiary alicyclic amines) is 1. The lowest BCUT2D eigenvalue weighted by molar-refractivity contribution is -0.157. The molecule has 1 aromatic rings. The summed E-state index contributed by atoms with van der Waals surface area (Å²) in [7, 11) is 0. The van der Waals surface area contributed by atoms with E-state index in [-0.39, 0.29) is 18.4 Å². The van der Waals surface area contributed by atoms with Crippen LogP contribution in [0.3, 0.4) is 0 Å². The van der Waals surface area contributed by atoms with Crippen molar-refractivity contribution in [2.24, 2.45) is 20.1 Å². The first kappa shape index (κ1) is 14.5. The summed E-state index contributed by atoms with van der Waals surface area (Å²) in [5.74, 6) is -1.14. The molecule has 0 unspecified atom stereocenters. The van der Waals surface area contributed by atoms with Crippen molar-refractivity contribution in [2.75, 3.05) is 26.3 Å². The number of hydrogen-bond donors (Lipinski definition) is 1. The maximum Gasteiger partial charge on any atom is 0.311 e. The van der Waals surface area contributed by atoms with Gasteiger partial charge in [-0.2, -0.15) is 8.73 Å². The largest absolute Gasteiger partial charge is 0.481 e. The van der Waals surface area contributed by atoms with E-state index in [2.05, 4.69) is 8.73 Å². The number of amides is 1. The molecule has 2 fully saturated rings. The SMILES string of the molecule is O=C(c1ccc2c(c1)N=S=N2)N1C[C@H]2COCC[C@@]2(C(=O)O)C1. The maximum atomic E-state index is 12.8. The van der Waals surface area contributed by atoms with Crippen LogP contribution in [-0.4, -0.2) is 48.2 Å². The van der Waals surface area contributed by atoms with Crippen LogP contribution in [0, 0.1) is 11.3 Å². The van der Waals surface area contributed by atoms with E-state index in [0.717, 1.165) is 17.0 Å². The number of fused-ring (bicyclic) bond motifs is 2. The molecule has 3 heterocycles. The van der Waals surface area contributed by atoms with Crippen LogP contribution < -0.4 is 0 Å². The molecule has 1 N–H and O–H groups in total. The van der Waals surface area contributed by atoms with Crippen molar-refractivity contribution < 1.29 is 19.4 Å². The zero-order valence-electron chi connectivity index (χ0n) is 12.3. The third-order valence-corrected chi connectivity index (χ3v) is 5.48. The summed E-state index contributed by atoms with van der Waals surface area (Å²) in [6, 6.07) is 5.20. The average molecular weight is 333 g/mol. The van der Waals surface area contributed by atoms with E-state index in [9.17, 15) is 14.7 Å². The molecular formula is C15H15N3O4S. The zero-order valence-corrected chi connectivity index (χ0v) is 13.1. The van der Waals surface area contributed by atoms with Gasteiger partial charge in [0.05, 0.1) is 23.4 Å². The van der Waals surface area contributed by atoms with E-state index in [1.165, 1.54) is 0 Å². The Balaban J connectivity index is 1.60. The van der Waals surface area contributed by atoms with E-state index in [0.29, 0.717) is 37.4 Å². The molecular weight excluding hydrogens is 318 g/mol. The maximum absolute atomic E-state index is 12.8. The van der Waals surface area contributed by atoms with Crippen LogP contribution in [0.15, 0.2) is 26.9 Å². The number of carboxylic acids is 1. The smallest absolute Gasteiger partial charge is 0.311 e. The first-order valence-electron chi connectivity index (χ1n) is 7.43. The summed E-state index contributed by atoms with van der Waals surface area (Å²) in [5.41, 5.74) is 1.09. The van der Waals surface area contributed by atoms with Crippen LogP contribution in [-0.2, 0) is 20.9 Å². The summed E-state index contributed by atoms with van der Waals surface area (Å²) in [6.07, 6.45) is 0.450. The quantitative estimate of drug-likeness (QED) is 0.909. The van der Waals surface area contributed by atoms with Gasteiger partial charge in [0.25, 0.3) is 5.91 Å². The van der Waals surface area contributed by atoms with Gasteiger partial charge in [0.1, 0.15) is 11.4 Å². The van der Waals surface area contributed by atoms with Gasteiger partial charge in [-0.25, -0.2) is 0 Å². The van der Waals surface area contributed by atoms with Gasteiger partial charge < -0.3 is 14.7 Å². The molecule has 0 bridgehead atoms. The lowest BCUT2D eigenvalue weighted by Gasteiger charge is -2.33. The van der Waals surface area contributed by atoms with E-state index in [1.54, 1.807) is 23.1 Å². The van der Waals surface area contributed by atoms with Gasteiger partial charge in [-0.05, 0) is 24.6 Å². The molecule has 0 radical (unpaired) electrons. The van der Waals surface area contributed by atoms with E-state index in [1.807, 2.05) is 0 Å². The molecule has 23 heavy (non-hydrogen) atoms. The molecule has 0 aromatic heterocycles. The highest BCUT2D eigenvalue weighted by molar-refractivity contribution is 7.58. The highest BCUT2D eigenvalue weighted by Crippen LogP contribution is 2.43. The Kier molecular flexibility index (Phi) is 3.31. The molecule has 120 valence electrons. The molecule has 7 nitrogen and oxygen atoms in total. The third-order valence-electron chi connectivity index (χ3n) is 4.92. The predicted octanol–water partition coefficient (Wildman–Crippen LogP) is 1.98. The van der Waals surface area contributed by atoms with Gasteiger partial charge in [-0.1, -0.05) is 0 Å². The molecule has 3 aliphatic rings. The topological polar surface area (TPSA) is 91.6 Å². The van der Waals surface area contributed by atoms with Gasteiger partial charge >= 0.3 is 5.97 Å². The molecule has 4 rings (SSSR count). The molecule has 0 saturated carbocycles. The fourth-order valence-corrected chi connectivity index (χ4v) is 4.07. The summed E-state index contributed by atoms with van der Waals surface area (Å²) in [4.78, 5) is 26.2. The Morgan fingerprint density at radius 2 is 2.17 bits per heavy atom. The summed E-state index contributed by atoms with van der Waals surface area (Å²) < 4.78 is 13.7. The van der Waals surface area contributed by atoms with Gasteiger partial charge in [-0.3, -0.25) is 9.59 Å². The van der Waals surface area contributed by atoms with Crippen molar-refractivity contribution in [3.05, 3.63) is 23.8 Å². The molecule has 1 aromatic carbocycles. The van der Waals surface area contributed by atoms with Gasteiger partial charge in [0.15, 0.2) is 0 Å². The van der Waals surface area contributed by atoms with Crippen LogP contribution in [0.5, 0.6) is 0 Å². The molecule has 1 amide bonds. The van der Waals surface area contributed by atoms with Crippen LogP contribution in [0.1, 0.15) is 16.8 Å². The molecule has 0 aliphatic carbocycles. The number of carbonyl (C=O) groups excluding carboxylic acids is 1. The number of nitrogens with zero attached hydrogens (tertiary/aromatic N) is 3. The van der Waals surface area contributed by atoms with Crippen molar-refractivity contribution in [2.45, 2.75) is 6.42 Å². The number of ether oxygens (including phenoxy) is 1. The fourth-order valence-electron chi connectivity index (χ4n) is 3.55. The fraction of sp³-hybridized carbons (Fsp3) is 0.467. The van der Waals surface area contributed by atoms with Crippen molar-refractivity contribution in [1.82, 2.24) is 4.90 Å². The second kappa shape index (κ2) is 5.24.